The van der Waals surface area contributed by atoms with Gasteiger partial charge in [-0.3, -0.25) is 14.9 Å². The summed E-state index contributed by atoms with van der Waals surface area (Å²) in [6.45, 7) is 0.553. The maximum atomic E-state index is 11.8. The molecule has 0 spiro atoms. The number of ether oxygens (including phenoxy) is 1. The van der Waals surface area contributed by atoms with Crippen LogP contribution in [0.1, 0.15) is 17.3 Å². The minimum atomic E-state index is -1.30. The van der Waals surface area contributed by atoms with Crippen molar-refractivity contribution in [2.75, 3.05) is 6.61 Å². The van der Waals surface area contributed by atoms with Gasteiger partial charge in [0.1, 0.15) is 5.92 Å². The summed E-state index contributed by atoms with van der Waals surface area (Å²) in [5.74, 6) is -3.08. The van der Waals surface area contributed by atoms with E-state index < -0.39 is 29.2 Å². The number of hydrogen-bond donors (Lipinski definition) is 1. The van der Waals surface area contributed by atoms with Gasteiger partial charge in [0.25, 0.3) is 5.69 Å². The summed E-state index contributed by atoms with van der Waals surface area (Å²) < 4.78 is 4.70. The van der Waals surface area contributed by atoms with Crippen LogP contribution in [0.3, 0.4) is 0 Å². The summed E-state index contributed by atoms with van der Waals surface area (Å²) >= 11 is 5.76. The number of hydrogen-bond acceptors (Lipinski definition) is 7. The number of nitrogens with zero attached hydrogens (tertiary/aromatic N) is 2. The van der Waals surface area contributed by atoms with Crippen molar-refractivity contribution in [3.63, 3.8) is 0 Å². The summed E-state index contributed by atoms with van der Waals surface area (Å²) in [5.41, 5.74) is -0.784. The lowest BCUT2D eigenvalue weighted by Gasteiger charge is -2.08. The zero-order valence-corrected chi connectivity index (χ0v) is 12.1. The first-order valence-corrected chi connectivity index (χ1v) is 6.24. The molecule has 0 aliphatic carbocycles. The zero-order valence-electron chi connectivity index (χ0n) is 11.3. The fraction of sp³-hybridized carbons (Fsp3) is 0.231. The number of halogens is 1. The number of carbonyl (C=O) groups is 2. The Balaban J connectivity index is 2.84. The van der Waals surface area contributed by atoms with Crippen LogP contribution in [0.25, 0.3) is 0 Å². The Morgan fingerprint density at radius 1 is 1.55 bits per heavy atom. The van der Waals surface area contributed by atoms with Gasteiger partial charge in [0.15, 0.2) is 12.4 Å². The van der Waals surface area contributed by atoms with Gasteiger partial charge in [0.05, 0.1) is 21.6 Å². The lowest BCUT2D eigenvalue weighted by Crippen LogP contribution is -2.25. The van der Waals surface area contributed by atoms with Crippen molar-refractivity contribution in [3.05, 3.63) is 38.9 Å². The molecule has 0 bridgehead atoms. The molecule has 22 heavy (non-hydrogen) atoms. The molecule has 0 aliphatic heterocycles. The highest BCUT2D eigenvalue weighted by Gasteiger charge is 2.23. The average molecular weight is 324 g/mol. The molecule has 1 unspecified atom stereocenters. The molecule has 0 saturated carbocycles. The third-order valence-electron chi connectivity index (χ3n) is 2.61. The maximum absolute atomic E-state index is 11.8. The molecule has 0 radical (unpaired) electrons. The van der Waals surface area contributed by atoms with Crippen molar-refractivity contribution < 1.29 is 19.2 Å². The van der Waals surface area contributed by atoms with Crippen LogP contribution in [0.5, 0.6) is 0 Å². The molecule has 0 amide bonds. The van der Waals surface area contributed by atoms with Gasteiger partial charge in [-0.25, -0.2) is 4.79 Å². The predicted octanol–water partition coefficient (Wildman–Crippen LogP) is 2.15. The Labute approximate surface area is 129 Å². The normalized spacial score (nSPS) is 11.1. The molecule has 1 aromatic rings. The molecule has 1 N–H and O–H groups in total. The van der Waals surface area contributed by atoms with E-state index in [0.717, 1.165) is 18.2 Å². The van der Waals surface area contributed by atoms with Gasteiger partial charge in [-0.05, 0) is 13.0 Å². The minimum absolute atomic E-state index is 0.0666. The first-order valence-electron chi connectivity index (χ1n) is 5.86. The van der Waals surface area contributed by atoms with Crippen molar-refractivity contribution >= 4 is 34.8 Å². The minimum Gasteiger partial charge on any atom is -0.454 e. The molecule has 1 atom stereocenters. The third-order valence-corrected chi connectivity index (χ3v) is 2.94. The monoisotopic (exact) mass is 323 g/mol. The van der Waals surface area contributed by atoms with Gasteiger partial charge in [0.2, 0.25) is 0 Å². The molecule has 0 heterocycles. The van der Waals surface area contributed by atoms with Crippen molar-refractivity contribution in [1.29, 1.82) is 10.7 Å². The zero-order chi connectivity index (χ0) is 16.9. The van der Waals surface area contributed by atoms with E-state index in [2.05, 4.69) is 0 Å². The van der Waals surface area contributed by atoms with Gasteiger partial charge >= 0.3 is 5.97 Å². The summed E-state index contributed by atoms with van der Waals surface area (Å²) in [4.78, 5) is 33.4. The Kier molecular flexibility index (Phi) is 5.72. The fourth-order valence-corrected chi connectivity index (χ4v) is 1.69. The summed E-state index contributed by atoms with van der Waals surface area (Å²) in [7, 11) is 0. The average Bonchev–Trinajstić information content (AvgIpc) is 2.45. The first-order chi connectivity index (χ1) is 10.3. The smallest absolute Gasteiger partial charge is 0.340 e. The molecule has 0 aliphatic rings. The number of nitro groups is 1. The van der Waals surface area contributed by atoms with E-state index in [0.29, 0.717) is 0 Å². The van der Waals surface area contributed by atoms with Gasteiger partial charge in [-0.15, -0.1) is 0 Å². The Morgan fingerprint density at radius 2 is 2.18 bits per heavy atom. The van der Waals surface area contributed by atoms with Crippen LogP contribution in [-0.2, 0) is 9.53 Å². The van der Waals surface area contributed by atoms with Crippen molar-refractivity contribution in [3.8, 4) is 6.07 Å². The molecule has 1 aromatic carbocycles. The molecule has 8 nitrogen and oxygen atoms in total. The highest BCUT2D eigenvalue weighted by atomic mass is 35.5. The van der Waals surface area contributed by atoms with Gasteiger partial charge in [-0.1, -0.05) is 11.6 Å². The van der Waals surface area contributed by atoms with Crippen LogP contribution in [0.2, 0.25) is 5.02 Å². The highest BCUT2D eigenvalue weighted by Crippen LogP contribution is 2.22. The number of ketones is 1. The van der Waals surface area contributed by atoms with Crippen LogP contribution in [0, 0.1) is 32.8 Å². The fourth-order valence-electron chi connectivity index (χ4n) is 1.49. The highest BCUT2D eigenvalue weighted by molar-refractivity contribution is 6.33. The summed E-state index contributed by atoms with van der Waals surface area (Å²) in [6, 6.07) is 4.83. The SMILES string of the molecule is CC(=N)C(C#N)C(=O)COC(=O)c1cc([N+](=O)[O-])ccc1Cl. The van der Waals surface area contributed by atoms with E-state index >= 15 is 0 Å². The topological polar surface area (TPSA) is 134 Å². The maximum Gasteiger partial charge on any atom is 0.340 e. The number of carbonyl (C=O) groups excluding carboxylic acids is 2. The lowest BCUT2D eigenvalue weighted by atomic mass is 10.0. The molecule has 0 saturated heterocycles. The number of benzene rings is 1. The molecular weight excluding hydrogens is 314 g/mol. The quantitative estimate of drug-likeness (QED) is 0.369. The van der Waals surface area contributed by atoms with Crippen molar-refractivity contribution in [2.45, 2.75) is 6.92 Å². The van der Waals surface area contributed by atoms with Gasteiger partial charge in [0, 0.05) is 17.8 Å². The Morgan fingerprint density at radius 3 is 2.68 bits per heavy atom. The van der Waals surface area contributed by atoms with E-state index in [1.165, 1.54) is 6.92 Å². The van der Waals surface area contributed by atoms with Crippen LogP contribution >= 0.6 is 11.6 Å². The van der Waals surface area contributed by atoms with E-state index in [1.54, 1.807) is 6.07 Å². The lowest BCUT2D eigenvalue weighted by molar-refractivity contribution is -0.384. The number of nitriles is 1. The van der Waals surface area contributed by atoms with Crippen molar-refractivity contribution in [2.24, 2.45) is 5.92 Å². The van der Waals surface area contributed by atoms with Gasteiger partial charge in [-0.2, -0.15) is 5.26 Å². The van der Waals surface area contributed by atoms with Crippen molar-refractivity contribution in [1.82, 2.24) is 0 Å². The molecule has 0 fully saturated rings. The second-order valence-corrected chi connectivity index (χ2v) is 4.62. The number of nitrogens with one attached hydrogen (secondary N) is 1. The largest absolute Gasteiger partial charge is 0.454 e. The van der Waals surface area contributed by atoms with E-state index in [1.807, 2.05) is 0 Å². The summed E-state index contributed by atoms with van der Waals surface area (Å²) in [6.07, 6.45) is 0. The van der Waals surface area contributed by atoms with Crippen LogP contribution in [0.4, 0.5) is 5.69 Å². The summed E-state index contributed by atoms with van der Waals surface area (Å²) in [5, 5.41) is 26.6. The number of nitro benzene ring substituents is 1. The standard InChI is InChI=1S/C13H10ClN3O5/c1-7(16)10(5-15)12(18)6-22-13(19)9-4-8(17(20)21)2-3-11(9)14/h2-4,10,16H,6H2,1H3. The van der Waals surface area contributed by atoms with Crippen LogP contribution in [-0.4, -0.2) is 29.0 Å². The number of non-ortho nitro benzene ring substituents is 1. The molecule has 9 heteroatoms. The third kappa shape index (κ3) is 4.10. The predicted molar refractivity (Wildman–Crippen MR) is 75.9 cm³/mol. The molecule has 1 rings (SSSR count). The number of Topliss-reactive ketones (excluding diaryl/α,β-unsaturated/α-hetero) is 1. The van der Waals surface area contributed by atoms with E-state index in [4.69, 9.17) is 27.0 Å². The van der Waals surface area contributed by atoms with Crippen LogP contribution in [0.15, 0.2) is 18.2 Å². The first kappa shape index (κ1) is 17.3. The van der Waals surface area contributed by atoms with Crippen LogP contribution < -0.4 is 0 Å². The Bertz CT molecular complexity index is 695. The molecule has 0 aromatic heterocycles. The molecular formula is C13H10ClN3O5. The van der Waals surface area contributed by atoms with Gasteiger partial charge < -0.3 is 10.1 Å². The van der Waals surface area contributed by atoms with E-state index in [9.17, 15) is 19.7 Å². The number of esters is 1. The second-order valence-electron chi connectivity index (χ2n) is 4.21. The number of rotatable bonds is 6. The van der Waals surface area contributed by atoms with E-state index in [-0.39, 0.29) is 22.0 Å². The Hall–Kier alpha value is -2.79. The molecule has 114 valence electrons. The second kappa shape index (κ2) is 7.28.